The molecule has 0 bridgehead atoms. The third kappa shape index (κ3) is 2.78. The second-order valence-electron chi connectivity index (χ2n) is 8.91. The van der Waals surface area contributed by atoms with E-state index in [1.165, 1.54) is 65.7 Å². The van der Waals surface area contributed by atoms with E-state index in [0.717, 1.165) is 6.42 Å². The Morgan fingerprint density at radius 1 is 0.424 bits per heavy atom. The molecule has 0 saturated carbocycles. The van der Waals surface area contributed by atoms with Gasteiger partial charge in [0.05, 0.1) is 0 Å². The van der Waals surface area contributed by atoms with Crippen LogP contribution in [0.5, 0.6) is 0 Å². The van der Waals surface area contributed by atoms with Gasteiger partial charge in [0, 0.05) is 0 Å². The van der Waals surface area contributed by atoms with Gasteiger partial charge in [-0.1, -0.05) is 121 Å². The van der Waals surface area contributed by atoms with E-state index in [1.807, 2.05) is 0 Å². The maximum absolute atomic E-state index is 2.39. The van der Waals surface area contributed by atoms with Gasteiger partial charge in [0.2, 0.25) is 0 Å². The molecule has 33 heavy (non-hydrogen) atoms. The van der Waals surface area contributed by atoms with Gasteiger partial charge >= 0.3 is 0 Å². The molecule has 1 aliphatic rings. The molecular weight excluding hydrogens is 396 g/mol. The molecule has 0 heteroatoms. The van der Waals surface area contributed by atoms with Crippen molar-refractivity contribution in [1.82, 2.24) is 0 Å². The topological polar surface area (TPSA) is 0 Å². The molecular formula is C33H22. The van der Waals surface area contributed by atoms with Crippen molar-refractivity contribution >= 4 is 44.0 Å². The summed E-state index contributed by atoms with van der Waals surface area (Å²) in [6.45, 7) is 0. The zero-order valence-electron chi connectivity index (χ0n) is 18.3. The van der Waals surface area contributed by atoms with Crippen molar-refractivity contribution in [3.8, 4) is 11.1 Å². The van der Waals surface area contributed by atoms with E-state index < -0.39 is 0 Å². The summed E-state index contributed by atoms with van der Waals surface area (Å²) in [5.41, 5.74) is 8.18. The quantitative estimate of drug-likeness (QED) is 0.246. The zero-order chi connectivity index (χ0) is 21.8. The molecule has 0 aromatic heterocycles. The Balaban J connectivity index is 1.62. The molecule has 0 N–H and O–H groups in total. The SMILES string of the molecule is C1=C(c2c3ccccc3c(-c3cccc4ccccc34)c3ccccc23)Cc2ccccc21. The number of rotatable bonds is 2. The molecule has 1 aliphatic carbocycles. The lowest BCUT2D eigenvalue weighted by Gasteiger charge is -2.19. The highest BCUT2D eigenvalue weighted by atomic mass is 14.2. The summed E-state index contributed by atoms with van der Waals surface area (Å²) in [7, 11) is 0. The number of fused-ring (bicyclic) bond motifs is 4. The van der Waals surface area contributed by atoms with Crippen LogP contribution in [-0.4, -0.2) is 0 Å². The fourth-order valence-corrected chi connectivity index (χ4v) is 5.65. The second kappa shape index (κ2) is 7.18. The Bertz CT molecular complexity index is 1670. The average molecular weight is 419 g/mol. The molecule has 6 aromatic carbocycles. The van der Waals surface area contributed by atoms with Crippen LogP contribution in [0.25, 0.3) is 55.1 Å². The van der Waals surface area contributed by atoms with Gasteiger partial charge in [0.25, 0.3) is 0 Å². The Labute approximate surface area is 193 Å². The fraction of sp³-hybridized carbons (Fsp3) is 0.0303. The number of hydrogen-bond acceptors (Lipinski definition) is 0. The zero-order valence-corrected chi connectivity index (χ0v) is 18.3. The van der Waals surface area contributed by atoms with Gasteiger partial charge in [-0.3, -0.25) is 0 Å². The van der Waals surface area contributed by atoms with Gasteiger partial charge in [-0.15, -0.1) is 0 Å². The number of hydrogen-bond donors (Lipinski definition) is 0. The van der Waals surface area contributed by atoms with Crippen molar-refractivity contribution in [2.45, 2.75) is 6.42 Å². The fourth-order valence-electron chi connectivity index (χ4n) is 5.65. The molecule has 0 radical (unpaired) electrons. The molecule has 0 unspecified atom stereocenters. The van der Waals surface area contributed by atoms with Crippen molar-refractivity contribution in [2.75, 3.05) is 0 Å². The largest absolute Gasteiger partial charge is 0.0619 e. The first kappa shape index (κ1) is 18.4. The molecule has 0 atom stereocenters. The van der Waals surface area contributed by atoms with Crippen molar-refractivity contribution in [3.05, 3.63) is 132 Å². The Morgan fingerprint density at radius 2 is 0.970 bits per heavy atom. The number of allylic oxidation sites excluding steroid dienone is 1. The van der Waals surface area contributed by atoms with Crippen molar-refractivity contribution in [1.29, 1.82) is 0 Å². The smallest absolute Gasteiger partial charge is 0.00132 e. The van der Waals surface area contributed by atoms with Crippen LogP contribution >= 0.6 is 0 Å². The van der Waals surface area contributed by atoms with E-state index in [-0.39, 0.29) is 0 Å². The monoisotopic (exact) mass is 418 g/mol. The van der Waals surface area contributed by atoms with Gasteiger partial charge in [-0.2, -0.15) is 0 Å². The molecule has 0 saturated heterocycles. The molecule has 0 aliphatic heterocycles. The van der Waals surface area contributed by atoms with E-state index in [9.17, 15) is 0 Å². The first-order valence-electron chi connectivity index (χ1n) is 11.6. The highest BCUT2D eigenvalue weighted by molar-refractivity contribution is 6.22. The maximum atomic E-state index is 2.39. The summed E-state index contributed by atoms with van der Waals surface area (Å²) in [4.78, 5) is 0. The minimum absolute atomic E-state index is 0.984. The lowest BCUT2D eigenvalue weighted by atomic mass is 9.84. The lowest BCUT2D eigenvalue weighted by molar-refractivity contribution is 1.33. The molecule has 0 spiro atoms. The highest BCUT2D eigenvalue weighted by Gasteiger charge is 2.21. The molecule has 0 amide bonds. The normalized spacial score (nSPS) is 12.9. The van der Waals surface area contributed by atoms with E-state index in [2.05, 4.69) is 121 Å². The van der Waals surface area contributed by atoms with Crippen LogP contribution in [0.15, 0.2) is 115 Å². The minimum atomic E-state index is 0.984. The van der Waals surface area contributed by atoms with Crippen molar-refractivity contribution in [3.63, 3.8) is 0 Å². The third-order valence-electron chi connectivity index (χ3n) is 7.08. The van der Waals surface area contributed by atoms with Crippen molar-refractivity contribution in [2.24, 2.45) is 0 Å². The first-order valence-corrected chi connectivity index (χ1v) is 11.6. The summed E-state index contributed by atoms with van der Waals surface area (Å²) >= 11 is 0. The molecule has 0 fully saturated rings. The van der Waals surface area contributed by atoms with Gasteiger partial charge in [0.1, 0.15) is 0 Å². The van der Waals surface area contributed by atoms with E-state index in [4.69, 9.17) is 0 Å². The van der Waals surface area contributed by atoms with E-state index >= 15 is 0 Å². The van der Waals surface area contributed by atoms with Gasteiger partial charge in [-0.05, 0) is 72.1 Å². The highest BCUT2D eigenvalue weighted by Crippen LogP contribution is 2.45. The van der Waals surface area contributed by atoms with E-state index in [0.29, 0.717) is 0 Å². The first-order chi connectivity index (χ1) is 16.4. The maximum Gasteiger partial charge on any atom is -0.00132 e. The molecule has 6 aromatic rings. The number of benzene rings is 6. The summed E-state index contributed by atoms with van der Waals surface area (Å²) < 4.78 is 0. The molecule has 0 heterocycles. The Morgan fingerprint density at radius 3 is 1.67 bits per heavy atom. The van der Waals surface area contributed by atoms with Crippen LogP contribution in [-0.2, 0) is 6.42 Å². The van der Waals surface area contributed by atoms with Crippen LogP contribution in [0.4, 0.5) is 0 Å². The van der Waals surface area contributed by atoms with E-state index in [1.54, 1.807) is 0 Å². The average Bonchev–Trinajstić information content (AvgIpc) is 3.31. The second-order valence-corrected chi connectivity index (χ2v) is 8.91. The summed E-state index contributed by atoms with van der Waals surface area (Å²) in [5.74, 6) is 0. The molecule has 0 nitrogen and oxygen atoms in total. The molecule has 7 rings (SSSR count). The summed E-state index contributed by atoms with van der Waals surface area (Å²) in [6.07, 6.45) is 3.37. The van der Waals surface area contributed by atoms with Gasteiger partial charge in [0.15, 0.2) is 0 Å². The Hall–Kier alpha value is -4.16. The summed E-state index contributed by atoms with van der Waals surface area (Å²) in [6, 6.07) is 42.1. The van der Waals surface area contributed by atoms with Crippen LogP contribution in [0.1, 0.15) is 16.7 Å². The Kier molecular flexibility index (Phi) is 4.01. The van der Waals surface area contributed by atoms with Crippen LogP contribution in [0.2, 0.25) is 0 Å². The molecule has 154 valence electrons. The van der Waals surface area contributed by atoms with Crippen LogP contribution < -0.4 is 0 Å². The minimum Gasteiger partial charge on any atom is -0.0619 e. The third-order valence-corrected chi connectivity index (χ3v) is 7.08. The van der Waals surface area contributed by atoms with Crippen LogP contribution in [0, 0.1) is 0 Å². The van der Waals surface area contributed by atoms with Crippen molar-refractivity contribution < 1.29 is 0 Å². The predicted molar refractivity (Wildman–Crippen MR) is 142 cm³/mol. The lowest BCUT2D eigenvalue weighted by Crippen LogP contribution is -1.94. The standard InChI is InChI=1S/C33H22/c1-2-12-24-21-25(20-23(24)11-1)32-28-15-5-7-17-30(28)33(31-18-8-6-16-29(31)32)27-19-9-13-22-10-3-4-14-26(22)27/h1-20H,21H2. The predicted octanol–water partition coefficient (Wildman–Crippen LogP) is 8.91. The summed E-state index contributed by atoms with van der Waals surface area (Å²) in [5, 5.41) is 7.88. The van der Waals surface area contributed by atoms with Gasteiger partial charge < -0.3 is 0 Å². The van der Waals surface area contributed by atoms with Crippen LogP contribution in [0.3, 0.4) is 0 Å². The van der Waals surface area contributed by atoms with Gasteiger partial charge in [-0.25, -0.2) is 0 Å².